The number of aliphatic hydroxyl groups excluding tert-OH is 1. The zero-order valence-electron chi connectivity index (χ0n) is 22.8. The van der Waals surface area contributed by atoms with E-state index in [-0.39, 0.29) is 30.6 Å². The highest BCUT2D eigenvalue weighted by molar-refractivity contribution is 8.01. The van der Waals surface area contributed by atoms with Crippen LogP contribution in [0.3, 0.4) is 0 Å². The van der Waals surface area contributed by atoms with Gasteiger partial charge in [0.05, 0.1) is 18.8 Å². The van der Waals surface area contributed by atoms with Crippen LogP contribution in [0.25, 0.3) is 0 Å². The largest absolute Gasteiger partial charge is 0.392 e. The van der Waals surface area contributed by atoms with Crippen LogP contribution in [0.2, 0.25) is 0 Å². The van der Waals surface area contributed by atoms with Gasteiger partial charge in [-0.1, -0.05) is 65.9 Å². The fourth-order valence-electron chi connectivity index (χ4n) is 4.36. The van der Waals surface area contributed by atoms with E-state index in [0.29, 0.717) is 30.8 Å². The van der Waals surface area contributed by atoms with Crippen LogP contribution in [0.15, 0.2) is 52.9 Å². The second kappa shape index (κ2) is 15.2. The van der Waals surface area contributed by atoms with Gasteiger partial charge >= 0.3 is 0 Å². The van der Waals surface area contributed by atoms with Gasteiger partial charge in [0, 0.05) is 43.3 Å². The highest BCUT2D eigenvalue weighted by Gasteiger charge is 2.32. The molecule has 3 N–H and O–H groups in total. The smallest absolute Gasteiger partial charge is 0.224 e. The number of nitrogens with one attached hydrogen (secondary N) is 2. The molecular formula is C29H36N4O5S2. The zero-order valence-corrected chi connectivity index (χ0v) is 24.4. The Balaban J connectivity index is 1.39. The molecule has 11 heteroatoms. The molecule has 0 saturated carbocycles. The van der Waals surface area contributed by atoms with E-state index in [4.69, 9.17) is 9.47 Å². The molecule has 3 aromatic rings. The van der Waals surface area contributed by atoms with Crippen molar-refractivity contribution in [2.75, 3.05) is 17.6 Å². The molecule has 4 rings (SSSR count). The van der Waals surface area contributed by atoms with Crippen molar-refractivity contribution in [2.45, 2.75) is 75.4 Å². The van der Waals surface area contributed by atoms with Crippen LogP contribution in [-0.2, 0) is 25.7 Å². The number of aromatic nitrogens is 2. The summed E-state index contributed by atoms with van der Waals surface area (Å²) in [6, 6.07) is 15.4. The van der Waals surface area contributed by atoms with Crippen LogP contribution in [0, 0.1) is 6.92 Å². The van der Waals surface area contributed by atoms with Crippen molar-refractivity contribution < 1.29 is 24.2 Å². The Morgan fingerprint density at radius 2 is 1.90 bits per heavy atom. The van der Waals surface area contributed by atoms with Gasteiger partial charge in [-0.2, -0.15) is 0 Å². The number of nitrogens with zero attached hydrogens (tertiary/aromatic N) is 2. The first-order valence-electron chi connectivity index (χ1n) is 13.5. The van der Waals surface area contributed by atoms with Gasteiger partial charge < -0.3 is 25.2 Å². The van der Waals surface area contributed by atoms with Crippen molar-refractivity contribution >= 4 is 40.6 Å². The molecule has 1 aromatic heterocycles. The molecule has 0 bridgehead atoms. The Kier molecular flexibility index (Phi) is 11.5. The number of aliphatic hydroxyl groups is 1. The van der Waals surface area contributed by atoms with Gasteiger partial charge in [-0.25, -0.2) is 0 Å². The number of hydrogen-bond donors (Lipinski definition) is 3. The third kappa shape index (κ3) is 9.38. The predicted molar refractivity (Wildman–Crippen MR) is 156 cm³/mol. The van der Waals surface area contributed by atoms with Crippen molar-refractivity contribution in [3.05, 3.63) is 70.2 Å². The topological polar surface area (TPSA) is 123 Å². The molecule has 1 saturated heterocycles. The monoisotopic (exact) mass is 584 g/mol. The van der Waals surface area contributed by atoms with Gasteiger partial charge in [-0.3, -0.25) is 9.59 Å². The predicted octanol–water partition coefficient (Wildman–Crippen LogP) is 5.31. The number of carbonyl (C=O) groups excluding carboxylic acids is 2. The number of anilines is 1. The minimum absolute atomic E-state index is 0.00629. The lowest BCUT2D eigenvalue weighted by Gasteiger charge is -2.36. The third-order valence-electron chi connectivity index (χ3n) is 6.41. The van der Waals surface area contributed by atoms with Crippen LogP contribution >= 0.6 is 23.1 Å². The SMILES string of the molecule is CC(=O)NCCCCCC(=O)Nc1cccc([C@H]2O[C@@H](CSc3nnc(C)s3)C[C@@H](c3ccc(CO)cc3)O2)c1. The van der Waals surface area contributed by atoms with Crippen LogP contribution in [0.1, 0.15) is 73.1 Å². The third-order valence-corrected chi connectivity index (χ3v) is 8.52. The maximum absolute atomic E-state index is 12.5. The summed E-state index contributed by atoms with van der Waals surface area (Å²) >= 11 is 3.19. The molecule has 1 aliphatic rings. The summed E-state index contributed by atoms with van der Waals surface area (Å²) in [6.07, 6.45) is 2.67. The summed E-state index contributed by atoms with van der Waals surface area (Å²) in [5.74, 6) is 0.620. The molecule has 2 heterocycles. The molecule has 40 heavy (non-hydrogen) atoms. The molecule has 214 valence electrons. The standard InChI is InChI=1S/C29H36N4O5S2/c1-19(35)30-14-5-3-4-9-27(36)31-24-8-6-7-23(15-24)28-37-25(18-39-29-33-32-20(2)40-29)16-26(38-28)22-12-10-21(17-34)11-13-22/h6-8,10-13,15,25-26,28,34H,3-5,9,14,16-18H2,1-2H3,(H,30,35)(H,31,36)/t25-,26+,28+/m1/s1. The van der Waals surface area contributed by atoms with Crippen LogP contribution in [-0.4, -0.2) is 45.5 Å². The number of thioether (sulfide) groups is 1. The van der Waals surface area contributed by atoms with E-state index in [1.165, 1.54) is 6.92 Å². The Morgan fingerprint density at radius 1 is 1.07 bits per heavy atom. The number of hydrogen-bond acceptors (Lipinski definition) is 9. The normalized spacial score (nSPS) is 18.8. The number of ether oxygens (including phenoxy) is 2. The number of aryl methyl sites for hydroxylation is 1. The quantitative estimate of drug-likeness (QED) is 0.182. The first-order valence-corrected chi connectivity index (χ1v) is 15.3. The van der Waals surface area contributed by atoms with E-state index >= 15 is 0 Å². The highest BCUT2D eigenvalue weighted by atomic mass is 32.2. The average Bonchev–Trinajstić information content (AvgIpc) is 3.38. The van der Waals surface area contributed by atoms with E-state index in [1.807, 2.05) is 55.5 Å². The molecule has 0 radical (unpaired) electrons. The molecule has 0 aliphatic carbocycles. The number of amides is 2. The summed E-state index contributed by atoms with van der Waals surface area (Å²) in [5, 5.41) is 24.4. The first-order chi connectivity index (χ1) is 19.4. The lowest BCUT2D eigenvalue weighted by atomic mass is 10.0. The van der Waals surface area contributed by atoms with Crippen LogP contribution in [0.5, 0.6) is 0 Å². The molecule has 2 amide bonds. The van der Waals surface area contributed by atoms with E-state index in [0.717, 1.165) is 45.3 Å². The molecule has 1 aliphatic heterocycles. The van der Waals surface area contributed by atoms with Gasteiger partial charge in [0.15, 0.2) is 10.6 Å². The molecule has 9 nitrogen and oxygen atoms in total. The van der Waals surface area contributed by atoms with E-state index < -0.39 is 6.29 Å². The Hall–Kier alpha value is -2.83. The average molecular weight is 585 g/mol. The maximum atomic E-state index is 12.5. The fourth-order valence-corrected chi connectivity index (χ4v) is 6.22. The van der Waals surface area contributed by atoms with Crippen molar-refractivity contribution in [2.24, 2.45) is 0 Å². The molecule has 3 atom stereocenters. The Bertz CT molecular complexity index is 1250. The summed E-state index contributed by atoms with van der Waals surface area (Å²) in [7, 11) is 0. The molecule has 0 spiro atoms. The molecular weight excluding hydrogens is 548 g/mol. The zero-order chi connectivity index (χ0) is 28.3. The molecule has 2 aromatic carbocycles. The highest BCUT2D eigenvalue weighted by Crippen LogP contribution is 2.40. The van der Waals surface area contributed by atoms with Crippen LogP contribution in [0.4, 0.5) is 5.69 Å². The van der Waals surface area contributed by atoms with Gasteiger partial charge in [-0.05, 0) is 43.0 Å². The van der Waals surface area contributed by atoms with Crippen molar-refractivity contribution in [3.63, 3.8) is 0 Å². The lowest BCUT2D eigenvalue weighted by molar-refractivity contribution is -0.245. The number of carbonyl (C=O) groups is 2. The fraction of sp³-hybridized carbons (Fsp3) is 0.448. The van der Waals surface area contributed by atoms with E-state index in [2.05, 4.69) is 20.8 Å². The molecule has 0 unspecified atom stereocenters. The molecule has 1 fully saturated rings. The minimum atomic E-state index is -0.608. The number of unbranched alkanes of at least 4 members (excludes halogenated alkanes) is 2. The number of benzene rings is 2. The lowest BCUT2D eigenvalue weighted by Crippen LogP contribution is -2.31. The Labute approximate surface area is 243 Å². The summed E-state index contributed by atoms with van der Waals surface area (Å²) in [4.78, 5) is 23.5. The van der Waals surface area contributed by atoms with Crippen LogP contribution < -0.4 is 10.6 Å². The summed E-state index contributed by atoms with van der Waals surface area (Å²) < 4.78 is 13.8. The Morgan fingerprint density at radius 3 is 2.62 bits per heavy atom. The maximum Gasteiger partial charge on any atom is 0.224 e. The van der Waals surface area contributed by atoms with E-state index in [1.54, 1.807) is 23.1 Å². The van der Waals surface area contributed by atoms with Crippen molar-refractivity contribution in [1.82, 2.24) is 15.5 Å². The second-order valence-electron chi connectivity index (χ2n) is 9.72. The van der Waals surface area contributed by atoms with Crippen molar-refractivity contribution in [3.8, 4) is 0 Å². The minimum Gasteiger partial charge on any atom is -0.392 e. The summed E-state index contributed by atoms with van der Waals surface area (Å²) in [5.41, 5.74) is 3.39. The van der Waals surface area contributed by atoms with Gasteiger partial charge in [0.25, 0.3) is 0 Å². The summed E-state index contributed by atoms with van der Waals surface area (Å²) in [6.45, 7) is 4.07. The van der Waals surface area contributed by atoms with Gasteiger partial charge in [0.1, 0.15) is 5.01 Å². The second-order valence-corrected chi connectivity index (χ2v) is 12.2. The van der Waals surface area contributed by atoms with Gasteiger partial charge in [0.2, 0.25) is 11.8 Å². The van der Waals surface area contributed by atoms with Crippen molar-refractivity contribution in [1.29, 1.82) is 0 Å². The van der Waals surface area contributed by atoms with E-state index in [9.17, 15) is 14.7 Å². The van der Waals surface area contributed by atoms with Gasteiger partial charge in [-0.15, -0.1) is 10.2 Å². The number of rotatable bonds is 13. The first kappa shape index (κ1) is 30.1.